The summed E-state index contributed by atoms with van der Waals surface area (Å²) in [6, 6.07) is 0. The summed E-state index contributed by atoms with van der Waals surface area (Å²) in [5, 5.41) is 0. The molecule has 0 amide bonds. The summed E-state index contributed by atoms with van der Waals surface area (Å²) in [7, 11) is 3.59. The lowest BCUT2D eigenvalue weighted by molar-refractivity contribution is -0.186. The molecule has 0 radical (unpaired) electrons. The van der Waals surface area contributed by atoms with E-state index in [1.54, 1.807) is 0 Å². The van der Waals surface area contributed by atoms with Crippen molar-refractivity contribution in [3.8, 4) is 0 Å². The van der Waals surface area contributed by atoms with Crippen LogP contribution in [0.25, 0.3) is 0 Å². The molecule has 2 heterocycles. The van der Waals surface area contributed by atoms with Crippen molar-refractivity contribution in [3.63, 3.8) is 0 Å². The van der Waals surface area contributed by atoms with E-state index in [9.17, 15) is 4.79 Å². The van der Waals surface area contributed by atoms with Crippen molar-refractivity contribution in [3.05, 3.63) is 0 Å². The van der Waals surface area contributed by atoms with E-state index in [0.717, 1.165) is 19.5 Å². The molecule has 0 aromatic rings. The summed E-state index contributed by atoms with van der Waals surface area (Å²) in [5.41, 5.74) is -0.329. The predicted molar refractivity (Wildman–Crippen MR) is 55.5 cm³/mol. The number of carbonyl (C=O) groups excluding carboxylic acids is 1. The number of nitrogens with zero attached hydrogens (tertiary/aromatic N) is 1. The molecule has 0 aromatic heterocycles. The van der Waals surface area contributed by atoms with Gasteiger partial charge >= 0.3 is 5.97 Å². The zero-order valence-electron chi connectivity index (χ0n) is 9.49. The van der Waals surface area contributed by atoms with Gasteiger partial charge in [-0.25, -0.2) is 0 Å². The fourth-order valence-electron chi connectivity index (χ4n) is 2.63. The number of likely N-dealkylation sites (tertiary alicyclic amines) is 1. The summed E-state index contributed by atoms with van der Waals surface area (Å²) < 4.78 is 10.0. The minimum Gasteiger partial charge on any atom is -0.468 e. The Morgan fingerprint density at radius 1 is 1.60 bits per heavy atom. The second kappa shape index (κ2) is 4.10. The van der Waals surface area contributed by atoms with Crippen molar-refractivity contribution in [1.29, 1.82) is 0 Å². The molecule has 2 saturated heterocycles. The van der Waals surface area contributed by atoms with Gasteiger partial charge in [-0.05, 0) is 32.4 Å². The number of hydrogen-bond acceptors (Lipinski definition) is 4. The van der Waals surface area contributed by atoms with E-state index in [-0.39, 0.29) is 11.4 Å². The van der Waals surface area contributed by atoms with Gasteiger partial charge in [-0.2, -0.15) is 0 Å². The lowest BCUT2D eigenvalue weighted by atomic mass is 9.77. The van der Waals surface area contributed by atoms with Crippen molar-refractivity contribution >= 4 is 5.97 Å². The Kier molecular flexibility index (Phi) is 2.98. The number of esters is 1. The van der Waals surface area contributed by atoms with Crippen LogP contribution in [0.4, 0.5) is 0 Å². The molecule has 0 saturated carbocycles. The van der Waals surface area contributed by atoms with Gasteiger partial charge in [0, 0.05) is 6.54 Å². The van der Waals surface area contributed by atoms with E-state index in [1.165, 1.54) is 13.5 Å². The standard InChI is InChI=1S/C11H19NO3/c1-12-4-3-9(6-12)5-11(7-15-8-11)10(13)14-2/h9H,3-8H2,1-2H3. The van der Waals surface area contributed by atoms with Crippen LogP contribution in [-0.2, 0) is 14.3 Å². The normalized spacial score (nSPS) is 29.9. The maximum Gasteiger partial charge on any atom is 0.316 e. The maximum atomic E-state index is 11.7. The van der Waals surface area contributed by atoms with Crippen LogP contribution in [0.1, 0.15) is 12.8 Å². The molecule has 1 unspecified atom stereocenters. The average molecular weight is 213 g/mol. The van der Waals surface area contributed by atoms with Crippen molar-refractivity contribution in [2.75, 3.05) is 40.5 Å². The minimum atomic E-state index is -0.329. The quantitative estimate of drug-likeness (QED) is 0.641. The van der Waals surface area contributed by atoms with Gasteiger partial charge in [-0.1, -0.05) is 0 Å². The van der Waals surface area contributed by atoms with Crippen LogP contribution in [-0.4, -0.2) is 51.3 Å². The Hall–Kier alpha value is -0.610. The van der Waals surface area contributed by atoms with Crippen molar-refractivity contribution in [2.24, 2.45) is 11.3 Å². The number of carbonyl (C=O) groups is 1. The molecule has 2 aliphatic heterocycles. The van der Waals surface area contributed by atoms with Gasteiger partial charge < -0.3 is 14.4 Å². The van der Waals surface area contributed by atoms with Gasteiger partial charge in [0.15, 0.2) is 0 Å². The fourth-order valence-corrected chi connectivity index (χ4v) is 2.63. The zero-order valence-corrected chi connectivity index (χ0v) is 9.49. The van der Waals surface area contributed by atoms with Gasteiger partial charge in [0.05, 0.1) is 20.3 Å². The number of methoxy groups -OCH3 is 1. The van der Waals surface area contributed by atoms with E-state index < -0.39 is 0 Å². The van der Waals surface area contributed by atoms with E-state index in [1.807, 2.05) is 0 Å². The maximum absolute atomic E-state index is 11.7. The van der Waals surface area contributed by atoms with Crippen LogP contribution in [0.2, 0.25) is 0 Å². The summed E-state index contributed by atoms with van der Waals surface area (Å²) in [6.45, 7) is 3.32. The Balaban J connectivity index is 1.93. The monoisotopic (exact) mass is 213 g/mol. The zero-order chi connectivity index (χ0) is 10.9. The highest BCUT2D eigenvalue weighted by atomic mass is 16.5. The summed E-state index contributed by atoms with van der Waals surface area (Å²) in [6.07, 6.45) is 2.11. The molecule has 1 atom stereocenters. The fraction of sp³-hybridized carbons (Fsp3) is 0.909. The smallest absolute Gasteiger partial charge is 0.316 e. The molecule has 15 heavy (non-hydrogen) atoms. The third-order valence-electron chi connectivity index (χ3n) is 3.54. The number of hydrogen-bond donors (Lipinski definition) is 0. The summed E-state index contributed by atoms with van der Waals surface area (Å²) >= 11 is 0. The molecule has 86 valence electrons. The molecular formula is C11H19NO3. The second-order valence-corrected chi connectivity index (χ2v) is 4.89. The first-order chi connectivity index (χ1) is 7.16. The van der Waals surface area contributed by atoms with Crippen LogP contribution < -0.4 is 0 Å². The first-order valence-corrected chi connectivity index (χ1v) is 5.51. The van der Waals surface area contributed by atoms with Crippen molar-refractivity contribution in [2.45, 2.75) is 12.8 Å². The van der Waals surface area contributed by atoms with Crippen molar-refractivity contribution in [1.82, 2.24) is 4.90 Å². The lowest BCUT2D eigenvalue weighted by Gasteiger charge is -2.40. The predicted octanol–water partition coefficient (Wildman–Crippen LogP) is 0.518. The third-order valence-corrected chi connectivity index (χ3v) is 3.54. The first kappa shape index (κ1) is 10.9. The van der Waals surface area contributed by atoms with Gasteiger partial charge in [0.1, 0.15) is 5.41 Å². The van der Waals surface area contributed by atoms with Crippen LogP contribution in [0, 0.1) is 11.3 Å². The minimum absolute atomic E-state index is 0.0942. The van der Waals surface area contributed by atoms with Crippen LogP contribution in [0.3, 0.4) is 0 Å². The number of rotatable bonds is 3. The first-order valence-electron chi connectivity index (χ1n) is 5.51. The van der Waals surface area contributed by atoms with Gasteiger partial charge in [-0.3, -0.25) is 4.79 Å². The highest BCUT2D eigenvalue weighted by Crippen LogP contribution is 2.38. The Labute approximate surface area is 90.5 Å². The van der Waals surface area contributed by atoms with Crippen LogP contribution >= 0.6 is 0 Å². The molecule has 0 bridgehead atoms. The molecule has 0 N–H and O–H groups in total. The Morgan fingerprint density at radius 2 is 2.33 bits per heavy atom. The largest absolute Gasteiger partial charge is 0.468 e. The lowest BCUT2D eigenvalue weighted by Crippen LogP contribution is -2.51. The summed E-state index contributed by atoms with van der Waals surface area (Å²) in [4.78, 5) is 14.0. The molecule has 0 spiro atoms. The Morgan fingerprint density at radius 3 is 2.73 bits per heavy atom. The van der Waals surface area contributed by atoms with Crippen molar-refractivity contribution < 1.29 is 14.3 Å². The molecule has 0 aliphatic carbocycles. The third kappa shape index (κ3) is 2.01. The summed E-state index contributed by atoms with van der Waals surface area (Å²) in [5.74, 6) is 0.529. The van der Waals surface area contributed by atoms with Gasteiger partial charge in [0.25, 0.3) is 0 Å². The van der Waals surface area contributed by atoms with Gasteiger partial charge in [-0.15, -0.1) is 0 Å². The van der Waals surface area contributed by atoms with E-state index in [0.29, 0.717) is 19.1 Å². The molecule has 4 nitrogen and oxygen atoms in total. The SMILES string of the molecule is COC(=O)C1(CC2CCN(C)C2)COC1. The van der Waals surface area contributed by atoms with E-state index >= 15 is 0 Å². The molecule has 2 aliphatic rings. The van der Waals surface area contributed by atoms with Gasteiger partial charge in [0.2, 0.25) is 0 Å². The molecular weight excluding hydrogens is 194 g/mol. The van der Waals surface area contributed by atoms with Crippen LogP contribution in [0.5, 0.6) is 0 Å². The average Bonchev–Trinajstić information content (AvgIpc) is 2.56. The molecule has 2 fully saturated rings. The molecule has 4 heteroatoms. The van der Waals surface area contributed by atoms with E-state index in [2.05, 4.69) is 11.9 Å². The highest BCUT2D eigenvalue weighted by Gasteiger charge is 2.48. The highest BCUT2D eigenvalue weighted by molar-refractivity contribution is 5.78. The van der Waals surface area contributed by atoms with E-state index in [4.69, 9.17) is 9.47 Å². The Bertz CT molecular complexity index is 250. The molecule has 0 aromatic carbocycles. The number of ether oxygens (including phenoxy) is 2. The topological polar surface area (TPSA) is 38.8 Å². The van der Waals surface area contributed by atoms with Crippen LogP contribution in [0.15, 0.2) is 0 Å². The second-order valence-electron chi connectivity index (χ2n) is 4.89. The molecule has 2 rings (SSSR count).